The molecule has 0 bridgehead atoms. The Morgan fingerprint density at radius 1 is 1.24 bits per heavy atom. The van der Waals surface area contributed by atoms with E-state index in [9.17, 15) is 4.79 Å². The standard InChI is InChI=1S/C21H26N4O3S/c1-4-5-11-29-21-23-20-22-14-7-6-8-15(26)18(14)19(25(20)24-21)13-9-10-16(27-2)17(12-13)28-3/h9-10,12,19H,4-8,11H2,1-3H3,(H,22,23,24). The number of hydrogen-bond acceptors (Lipinski definition) is 7. The third kappa shape index (κ3) is 3.73. The van der Waals surface area contributed by atoms with Crippen LogP contribution in [0.4, 0.5) is 5.95 Å². The highest BCUT2D eigenvalue weighted by Gasteiger charge is 2.37. The first-order valence-electron chi connectivity index (χ1n) is 10.0. The smallest absolute Gasteiger partial charge is 0.227 e. The number of rotatable bonds is 7. The van der Waals surface area contributed by atoms with E-state index in [0.717, 1.165) is 53.4 Å². The fourth-order valence-corrected chi connectivity index (χ4v) is 4.75. The van der Waals surface area contributed by atoms with Gasteiger partial charge in [-0.2, -0.15) is 4.98 Å². The van der Waals surface area contributed by atoms with Gasteiger partial charge in [0.05, 0.1) is 14.2 Å². The van der Waals surface area contributed by atoms with E-state index in [4.69, 9.17) is 19.6 Å². The number of carbonyl (C=O) groups is 1. The van der Waals surface area contributed by atoms with Crippen molar-refractivity contribution >= 4 is 23.5 Å². The number of aromatic nitrogens is 3. The van der Waals surface area contributed by atoms with Crippen LogP contribution in [0.25, 0.3) is 0 Å². The number of anilines is 1. The average molecular weight is 415 g/mol. The molecule has 2 aliphatic rings. The Hall–Kier alpha value is -2.48. The van der Waals surface area contributed by atoms with Crippen LogP contribution in [0.15, 0.2) is 34.6 Å². The minimum atomic E-state index is -0.318. The summed E-state index contributed by atoms with van der Waals surface area (Å²) in [4.78, 5) is 17.6. The van der Waals surface area contributed by atoms with E-state index in [1.807, 2.05) is 22.9 Å². The van der Waals surface area contributed by atoms with Gasteiger partial charge < -0.3 is 14.8 Å². The van der Waals surface area contributed by atoms with Gasteiger partial charge in [0.1, 0.15) is 6.04 Å². The molecule has 0 radical (unpaired) electrons. The number of allylic oxidation sites excluding steroid dienone is 2. The monoisotopic (exact) mass is 414 g/mol. The van der Waals surface area contributed by atoms with E-state index in [1.54, 1.807) is 26.0 Å². The minimum absolute atomic E-state index is 0.167. The topological polar surface area (TPSA) is 78.3 Å². The van der Waals surface area contributed by atoms with E-state index in [-0.39, 0.29) is 11.8 Å². The SMILES string of the molecule is CCCCSc1nc2n(n1)C(c1ccc(OC)c(OC)c1)C1=C(CCCC1=O)N2. The van der Waals surface area contributed by atoms with Gasteiger partial charge in [0.2, 0.25) is 11.1 Å². The van der Waals surface area contributed by atoms with Gasteiger partial charge in [0, 0.05) is 23.4 Å². The van der Waals surface area contributed by atoms with Crippen LogP contribution in [0.5, 0.6) is 11.5 Å². The normalized spacial score (nSPS) is 18.2. The maximum absolute atomic E-state index is 12.9. The van der Waals surface area contributed by atoms with Crippen LogP contribution in [-0.4, -0.2) is 40.5 Å². The lowest BCUT2D eigenvalue weighted by molar-refractivity contribution is -0.116. The summed E-state index contributed by atoms with van der Waals surface area (Å²) in [7, 11) is 3.23. The lowest BCUT2D eigenvalue weighted by atomic mass is 9.85. The molecule has 1 unspecified atom stereocenters. The third-order valence-corrected chi connectivity index (χ3v) is 6.22. The zero-order chi connectivity index (χ0) is 20.4. The summed E-state index contributed by atoms with van der Waals surface area (Å²) < 4.78 is 12.7. The average Bonchev–Trinajstić information content (AvgIpc) is 3.14. The van der Waals surface area contributed by atoms with Crippen molar-refractivity contribution < 1.29 is 14.3 Å². The highest BCUT2D eigenvalue weighted by atomic mass is 32.2. The number of nitrogens with zero attached hydrogens (tertiary/aromatic N) is 3. The Kier molecular flexibility index (Phi) is 5.80. The summed E-state index contributed by atoms with van der Waals surface area (Å²) in [6.07, 6.45) is 4.52. The minimum Gasteiger partial charge on any atom is -0.493 e. The predicted octanol–water partition coefficient (Wildman–Crippen LogP) is 4.21. The van der Waals surface area contributed by atoms with Crippen LogP contribution in [0.1, 0.15) is 50.6 Å². The Morgan fingerprint density at radius 3 is 2.83 bits per heavy atom. The van der Waals surface area contributed by atoms with Crippen molar-refractivity contribution in [1.82, 2.24) is 14.8 Å². The zero-order valence-electron chi connectivity index (χ0n) is 17.0. The van der Waals surface area contributed by atoms with E-state index >= 15 is 0 Å². The number of hydrogen-bond donors (Lipinski definition) is 1. The number of benzene rings is 1. The molecular formula is C21H26N4O3S. The van der Waals surface area contributed by atoms with Crippen molar-refractivity contribution in [2.75, 3.05) is 25.3 Å². The number of ether oxygens (including phenoxy) is 2. The molecule has 154 valence electrons. The highest BCUT2D eigenvalue weighted by molar-refractivity contribution is 7.99. The second-order valence-corrected chi connectivity index (χ2v) is 8.24. The maximum Gasteiger partial charge on any atom is 0.227 e. The number of methoxy groups -OCH3 is 2. The first-order valence-corrected chi connectivity index (χ1v) is 11.0. The highest BCUT2D eigenvalue weighted by Crippen LogP contribution is 2.42. The zero-order valence-corrected chi connectivity index (χ0v) is 17.8. The largest absolute Gasteiger partial charge is 0.493 e. The summed E-state index contributed by atoms with van der Waals surface area (Å²) in [6, 6.07) is 5.45. The number of nitrogens with one attached hydrogen (secondary N) is 1. The molecule has 1 aromatic carbocycles. The number of unbranched alkanes of at least 4 members (excludes halogenated alkanes) is 1. The van der Waals surface area contributed by atoms with Crippen LogP contribution in [0.2, 0.25) is 0 Å². The molecule has 2 aromatic rings. The maximum atomic E-state index is 12.9. The molecule has 0 saturated heterocycles. The van der Waals surface area contributed by atoms with E-state index in [2.05, 4.69) is 12.2 Å². The fraction of sp³-hybridized carbons (Fsp3) is 0.476. The first-order chi connectivity index (χ1) is 14.2. The summed E-state index contributed by atoms with van der Waals surface area (Å²) in [6.45, 7) is 2.17. The molecule has 0 saturated carbocycles. The van der Waals surface area contributed by atoms with Gasteiger partial charge in [-0.15, -0.1) is 5.10 Å². The number of fused-ring (bicyclic) bond motifs is 1. The van der Waals surface area contributed by atoms with Crippen LogP contribution in [-0.2, 0) is 4.79 Å². The molecular weight excluding hydrogens is 388 g/mol. The van der Waals surface area contributed by atoms with Gasteiger partial charge in [0.25, 0.3) is 0 Å². The molecule has 29 heavy (non-hydrogen) atoms. The van der Waals surface area contributed by atoms with E-state index in [1.165, 1.54) is 0 Å². The van der Waals surface area contributed by atoms with Crippen molar-refractivity contribution in [2.45, 2.75) is 50.2 Å². The molecule has 4 rings (SSSR count). The third-order valence-electron chi connectivity index (χ3n) is 5.30. The summed E-state index contributed by atoms with van der Waals surface area (Å²) in [5.41, 5.74) is 2.68. The van der Waals surface area contributed by atoms with Gasteiger partial charge in [0.15, 0.2) is 17.3 Å². The molecule has 0 fully saturated rings. The second kappa shape index (κ2) is 8.49. The first kappa shape index (κ1) is 19.8. The molecule has 7 nitrogen and oxygen atoms in total. The van der Waals surface area contributed by atoms with Crippen molar-refractivity contribution in [3.05, 3.63) is 35.0 Å². The van der Waals surface area contributed by atoms with Gasteiger partial charge in [-0.05, 0) is 37.0 Å². The molecule has 1 atom stereocenters. The van der Waals surface area contributed by atoms with Crippen molar-refractivity contribution in [1.29, 1.82) is 0 Å². The Morgan fingerprint density at radius 2 is 2.07 bits per heavy atom. The van der Waals surface area contributed by atoms with Gasteiger partial charge >= 0.3 is 0 Å². The van der Waals surface area contributed by atoms with Crippen molar-refractivity contribution in [3.63, 3.8) is 0 Å². The molecule has 1 aliphatic carbocycles. The number of thioether (sulfide) groups is 1. The van der Waals surface area contributed by atoms with Crippen LogP contribution >= 0.6 is 11.8 Å². The summed E-state index contributed by atoms with van der Waals surface area (Å²) >= 11 is 1.65. The number of ketones is 1. The van der Waals surface area contributed by atoms with Gasteiger partial charge in [-0.25, -0.2) is 4.68 Å². The number of carbonyl (C=O) groups excluding carboxylic acids is 1. The van der Waals surface area contributed by atoms with Gasteiger partial charge in [-0.1, -0.05) is 31.2 Å². The van der Waals surface area contributed by atoms with Crippen LogP contribution < -0.4 is 14.8 Å². The molecule has 1 aliphatic heterocycles. The fourth-order valence-electron chi connectivity index (χ4n) is 3.84. The van der Waals surface area contributed by atoms with E-state index in [0.29, 0.717) is 23.9 Å². The Labute approximate surface area is 174 Å². The molecule has 8 heteroatoms. The van der Waals surface area contributed by atoms with Crippen molar-refractivity contribution in [3.8, 4) is 11.5 Å². The van der Waals surface area contributed by atoms with Crippen LogP contribution in [0, 0.1) is 0 Å². The second-order valence-electron chi connectivity index (χ2n) is 7.18. The summed E-state index contributed by atoms with van der Waals surface area (Å²) in [5.74, 6) is 3.13. The molecule has 0 amide bonds. The predicted molar refractivity (Wildman–Crippen MR) is 113 cm³/mol. The summed E-state index contributed by atoms with van der Waals surface area (Å²) in [5, 5.41) is 8.86. The number of Topliss-reactive ketones (excluding diaryl/α,β-unsaturated/α-hetero) is 1. The Balaban J connectivity index is 1.79. The lowest BCUT2D eigenvalue weighted by Gasteiger charge is -2.32. The molecule has 0 spiro atoms. The molecule has 2 heterocycles. The van der Waals surface area contributed by atoms with Crippen LogP contribution in [0.3, 0.4) is 0 Å². The molecule has 1 N–H and O–H groups in total. The van der Waals surface area contributed by atoms with Gasteiger partial charge in [-0.3, -0.25) is 4.79 Å². The van der Waals surface area contributed by atoms with E-state index < -0.39 is 0 Å². The molecule has 1 aromatic heterocycles. The lowest BCUT2D eigenvalue weighted by Crippen LogP contribution is -2.31. The van der Waals surface area contributed by atoms with Crippen molar-refractivity contribution in [2.24, 2.45) is 0 Å². The quantitative estimate of drug-likeness (QED) is 0.537. The Bertz CT molecular complexity index is 953.